The minimum Gasteiger partial charge on any atom is -0.442 e. The molecule has 0 unspecified atom stereocenters. The molecular weight excluding hydrogens is 324 g/mol. The second-order valence-corrected chi connectivity index (χ2v) is 5.51. The standard InChI is InChI=1S/C15H17F2N3O4/c16-12-7-10(1-2-13(12)19-3-5-23-6-4-19)20-9-11(24-15(20)22)8-18-14(17)21/h1-2,7,11H,3-6,8-9H2,(H,18,21)/t11-/m0/s1. The predicted octanol–water partition coefficient (Wildman–Crippen LogP) is 1.67. The monoisotopic (exact) mass is 341 g/mol. The van der Waals surface area contributed by atoms with E-state index in [1.54, 1.807) is 12.1 Å². The molecule has 2 heterocycles. The van der Waals surface area contributed by atoms with Gasteiger partial charge < -0.3 is 19.7 Å². The number of amides is 2. The summed E-state index contributed by atoms with van der Waals surface area (Å²) in [6.07, 6.45) is -3.03. The number of benzene rings is 1. The van der Waals surface area contributed by atoms with E-state index in [-0.39, 0.29) is 13.1 Å². The lowest BCUT2D eigenvalue weighted by Gasteiger charge is -2.29. The van der Waals surface area contributed by atoms with Crippen molar-refractivity contribution in [1.29, 1.82) is 0 Å². The van der Waals surface area contributed by atoms with Gasteiger partial charge in [-0.25, -0.2) is 14.0 Å². The van der Waals surface area contributed by atoms with Crippen molar-refractivity contribution in [3.8, 4) is 0 Å². The average Bonchev–Trinajstić information content (AvgIpc) is 2.94. The molecule has 1 aromatic rings. The maximum absolute atomic E-state index is 14.4. The summed E-state index contributed by atoms with van der Waals surface area (Å²) < 4.78 is 36.8. The quantitative estimate of drug-likeness (QED) is 0.666. The number of nitrogens with zero attached hydrogens (tertiary/aromatic N) is 2. The van der Waals surface area contributed by atoms with Crippen LogP contribution >= 0.6 is 0 Å². The molecule has 130 valence electrons. The van der Waals surface area contributed by atoms with Crippen LogP contribution in [0.3, 0.4) is 0 Å². The molecule has 2 saturated heterocycles. The predicted molar refractivity (Wildman–Crippen MR) is 81.6 cm³/mol. The molecule has 2 aliphatic heterocycles. The Labute approximate surface area is 137 Å². The Bertz CT molecular complexity index is 637. The molecule has 2 fully saturated rings. The summed E-state index contributed by atoms with van der Waals surface area (Å²) in [5.74, 6) is -0.442. The second kappa shape index (κ2) is 7.00. The van der Waals surface area contributed by atoms with Crippen LogP contribution in [0.4, 0.5) is 29.7 Å². The third-order valence-electron chi connectivity index (χ3n) is 3.94. The zero-order valence-corrected chi connectivity index (χ0v) is 12.8. The number of morpholine rings is 1. The van der Waals surface area contributed by atoms with Crippen molar-refractivity contribution in [2.24, 2.45) is 0 Å². The van der Waals surface area contributed by atoms with Crippen LogP contribution in [0.5, 0.6) is 0 Å². The minimum absolute atomic E-state index is 0.107. The molecule has 0 aromatic heterocycles. The molecule has 7 nitrogen and oxygen atoms in total. The molecule has 24 heavy (non-hydrogen) atoms. The van der Waals surface area contributed by atoms with E-state index < -0.39 is 24.2 Å². The van der Waals surface area contributed by atoms with E-state index in [9.17, 15) is 18.4 Å². The molecule has 1 N–H and O–H groups in total. The summed E-state index contributed by atoms with van der Waals surface area (Å²) in [5.41, 5.74) is 0.805. The van der Waals surface area contributed by atoms with Gasteiger partial charge in [-0.3, -0.25) is 4.90 Å². The zero-order chi connectivity index (χ0) is 17.1. The van der Waals surface area contributed by atoms with Crippen molar-refractivity contribution in [3.63, 3.8) is 0 Å². The SMILES string of the molecule is O=C(F)NC[C@H]1CN(c2ccc(N3CCOCC3)c(F)c2)C(=O)O1. The Morgan fingerprint density at radius 2 is 2.08 bits per heavy atom. The maximum Gasteiger partial charge on any atom is 0.414 e. The first-order valence-corrected chi connectivity index (χ1v) is 7.58. The minimum atomic E-state index is -1.69. The van der Waals surface area contributed by atoms with Crippen LogP contribution < -0.4 is 15.1 Å². The number of hydrogen-bond acceptors (Lipinski definition) is 5. The number of cyclic esters (lactones) is 1. The number of halogens is 2. The Morgan fingerprint density at radius 3 is 2.75 bits per heavy atom. The lowest BCUT2D eigenvalue weighted by Crippen LogP contribution is -2.36. The van der Waals surface area contributed by atoms with E-state index in [4.69, 9.17) is 9.47 Å². The zero-order valence-electron chi connectivity index (χ0n) is 12.8. The van der Waals surface area contributed by atoms with Gasteiger partial charge in [0.25, 0.3) is 0 Å². The van der Waals surface area contributed by atoms with E-state index in [0.29, 0.717) is 37.7 Å². The Morgan fingerprint density at radius 1 is 1.33 bits per heavy atom. The Hall–Kier alpha value is -2.42. The molecule has 0 saturated carbocycles. The van der Waals surface area contributed by atoms with Crippen molar-refractivity contribution in [3.05, 3.63) is 24.0 Å². The van der Waals surface area contributed by atoms with Gasteiger partial charge in [0, 0.05) is 13.1 Å². The molecule has 3 rings (SSSR count). The number of anilines is 2. The number of rotatable bonds is 4. The molecule has 9 heteroatoms. The number of carbonyl (C=O) groups excluding carboxylic acids is 2. The summed E-state index contributed by atoms with van der Waals surface area (Å²) in [6, 6.07) is 4.51. The summed E-state index contributed by atoms with van der Waals surface area (Å²) in [7, 11) is 0. The van der Waals surface area contributed by atoms with Crippen LogP contribution in [-0.2, 0) is 9.47 Å². The molecular formula is C15H17F2N3O4. The van der Waals surface area contributed by atoms with Gasteiger partial charge in [0.05, 0.1) is 37.7 Å². The number of carbonyl (C=O) groups is 2. The molecule has 2 aliphatic rings. The van der Waals surface area contributed by atoms with Gasteiger partial charge >= 0.3 is 12.3 Å². The maximum atomic E-state index is 14.4. The lowest BCUT2D eigenvalue weighted by molar-refractivity contribution is 0.122. The van der Waals surface area contributed by atoms with Crippen molar-refractivity contribution >= 4 is 23.6 Å². The Kier molecular flexibility index (Phi) is 4.79. The highest BCUT2D eigenvalue weighted by Crippen LogP contribution is 2.28. The largest absolute Gasteiger partial charge is 0.442 e. The molecule has 2 amide bonds. The lowest BCUT2D eigenvalue weighted by atomic mass is 10.2. The van der Waals surface area contributed by atoms with Gasteiger partial charge in [-0.05, 0) is 18.2 Å². The van der Waals surface area contributed by atoms with Gasteiger partial charge in [0.1, 0.15) is 11.9 Å². The van der Waals surface area contributed by atoms with Crippen LogP contribution in [0.15, 0.2) is 18.2 Å². The van der Waals surface area contributed by atoms with Crippen molar-refractivity contribution < 1.29 is 27.8 Å². The molecule has 1 atom stereocenters. The Balaban J connectivity index is 1.69. The van der Waals surface area contributed by atoms with E-state index in [0.717, 1.165) is 0 Å². The molecule has 0 aliphatic carbocycles. The smallest absolute Gasteiger partial charge is 0.414 e. The van der Waals surface area contributed by atoms with Crippen LogP contribution in [0.25, 0.3) is 0 Å². The molecule has 0 bridgehead atoms. The first kappa shape index (κ1) is 16.4. The summed E-state index contributed by atoms with van der Waals surface area (Å²) in [4.78, 5) is 25.3. The highest BCUT2D eigenvalue weighted by atomic mass is 19.1. The summed E-state index contributed by atoms with van der Waals surface area (Å²) in [5, 5.41) is 1.94. The highest BCUT2D eigenvalue weighted by Gasteiger charge is 2.33. The van der Waals surface area contributed by atoms with E-state index in [1.807, 2.05) is 10.2 Å². The fourth-order valence-electron chi connectivity index (χ4n) is 2.76. The van der Waals surface area contributed by atoms with Gasteiger partial charge in [-0.15, -0.1) is 4.39 Å². The van der Waals surface area contributed by atoms with Crippen molar-refractivity contribution in [2.75, 3.05) is 49.2 Å². The first-order chi connectivity index (χ1) is 11.5. The number of nitrogens with one attached hydrogen (secondary N) is 1. The van der Waals surface area contributed by atoms with Crippen LogP contribution in [0.1, 0.15) is 0 Å². The van der Waals surface area contributed by atoms with Gasteiger partial charge in [0.15, 0.2) is 0 Å². The van der Waals surface area contributed by atoms with E-state index >= 15 is 0 Å². The summed E-state index contributed by atoms with van der Waals surface area (Å²) >= 11 is 0. The van der Waals surface area contributed by atoms with Crippen LogP contribution in [-0.4, -0.2) is 57.8 Å². The summed E-state index contributed by atoms with van der Waals surface area (Å²) in [6.45, 7) is 2.27. The number of ether oxygens (including phenoxy) is 2. The van der Waals surface area contributed by atoms with Gasteiger partial charge in [-0.1, -0.05) is 0 Å². The van der Waals surface area contributed by atoms with E-state index in [2.05, 4.69) is 0 Å². The molecule has 0 spiro atoms. The van der Waals surface area contributed by atoms with Crippen LogP contribution in [0, 0.1) is 5.82 Å². The van der Waals surface area contributed by atoms with Gasteiger partial charge in [-0.2, -0.15) is 0 Å². The topological polar surface area (TPSA) is 71.1 Å². The fraction of sp³-hybridized carbons (Fsp3) is 0.467. The molecule has 1 aromatic carbocycles. The average molecular weight is 341 g/mol. The second-order valence-electron chi connectivity index (χ2n) is 5.51. The first-order valence-electron chi connectivity index (χ1n) is 7.58. The highest BCUT2D eigenvalue weighted by molar-refractivity contribution is 5.90. The van der Waals surface area contributed by atoms with Gasteiger partial charge in [0.2, 0.25) is 0 Å². The third kappa shape index (κ3) is 3.56. The normalized spacial score (nSPS) is 20.9. The van der Waals surface area contributed by atoms with E-state index in [1.165, 1.54) is 11.0 Å². The number of hydrogen-bond donors (Lipinski definition) is 1. The van der Waals surface area contributed by atoms with Crippen molar-refractivity contribution in [1.82, 2.24) is 5.32 Å². The third-order valence-corrected chi connectivity index (χ3v) is 3.94. The molecule has 0 radical (unpaired) electrons. The fourth-order valence-corrected chi connectivity index (χ4v) is 2.76. The van der Waals surface area contributed by atoms with Crippen molar-refractivity contribution in [2.45, 2.75) is 6.10 Å². The van der Waals surface area contributed by atoms with Crippen LogP contribution in [0.2, 0.25) is 0 Å².